The van der Waals surface area contributed by atoms with E-state index in [1.54, 1.807) is 0 Å². The summed E-state index contributed by atoms with van der Waals surface area (Å²) in [7, 11) is 0. The molecular formula is C15H19BrN2. The van der Waals surface area contributed by atoms with E-state index < -0.39 is 0 Å². The molecule has 0 aromatic carbocycles. The van der Waals surface area contributed by atoms with E-state index in [0.717, 1.165) is 40.6 Å². The minimum Gasteiger partial charge on any atom is -0.254 e. The quantitative estimate of drug-likeness (QED) is 0.764. The topological polar surface area (TPSA) is 25.8 Å². The highest BCUT2D eigenvalue weighted by Gasteiger charge is 2.02. The van der Waals surface area contributed by atoms with Crippen LogP contribution in [0.15, 0.2) is 31.1 Å². The predicted octanol–water partition coefficient (Wildman–Crippen LogP) is 4.76. The normalized spacial score (nSPS) is 9.78. The second-order valence-electron chi connectivity index (χ2n) is 4.13. The maximum absolute atomic E-state index is 4.42. The van der Waals surface area contributed by atoms with Crippen molar-refractivity contribution in [2.45, 2.75) is 26.7 Å². The number of halogens is 1. The van der Waals surface area contributed by atoms with Crippen LogP contribution in [0.5, 0.6) is 0 Å². The summed E-state index contributed by atoms with van der Waals surface area (Å²) < 4.78 is 0. The highest BCUT2D eigenvalue weighted by atomic mass is 79.9. The summed E-state index contributed by atoms with van der Waals surface area (Å²) in [6.07, 6.45) is 5.88. The van der Waals surface area contributed by atoms with Crippen molar-refractivity contribution in [1.29, 1.82) is 0 Å². The van der Waals surface area contributed by atoms with Gasteiger partial charge in [-0.2, -0.15) is 0 Å². The van der Waals surface area contributed by atoms with Gasteiger partial charge in [-0.25, -0.2) is 0 Å². The lowest BCUT2D eigenvalue weighted by Crippen LogP contribution is -1.89. The first-order chi connectivity index (χ1) is 8.70. The van der Waals surface area contributed by atoms with Crippen LogP contribution >= 0.6 is 15.9 Å². The number of allylic oxidation sites excluding steroid dienone is 1. The van der Waals surface area contributed by atoms with Gasteiger partial charge in [0.1, 0.15) is 0 Å². The lowest BCUT2D eigenvalue weighted by molar-refractivity contribution is 0.974. The highest BCUT2D eigenvalue weighted by Crippen LogP contribution is 2.20. The summed E-state index contributed by atoms with van der Waals surface area (Å²) in [6, 6.07) is 4.12. The van der Waals surface area contributed by atoms with Gasteiger partial charge in [-0.3, -0.25) is 9.97 Å². The molecule has 3 heteroatoms. The molecule has 0 aliphatic carbocycles. The molecule has 2 heterocycles. The molecule has 0 bridgehead atoms. The van der Waals surface area contributed by atoms with Crippen LogP contribution in [0.2, 0.25) is 0 Å². The lowest BCUT2D eigenvalue weighted by atomic mass is 10.0. The Kier molecular flexibility index (Phi) is 5.99. The van der Waals surface area contributed by atoms with Crippen molar-refractivity contribution >= 4 is 32.5 Å². The van der Waals surface area contributed by atoms with Gasteiger partial charge < -0.3 is 0 Å². The summed E-state index contributed by atoms with van der Waals surface area (Å²) in [5.74, 6) is 1.81. The molecule has 0 unspecified atom stereocenters. The fourth-order valence-corrected chi connectivity index (χ4v) is 1.74. The number of pyridine rings is 2. The van der Waals surface area contributed by atoms with Crippen LogP contribution in [0.4, 0.5) is 0 Å². The van der Waals surface area contributed by atoms with Gasteiger partial charge in [-0.15, -0.1) is 0 Å². The maximum Gasteiger partial charge on any atom is 0.0892 e. The molecule has 2 nitrogen and oxygen atoms in total. The fourth-order valence-electron chi connectivity index (χ4n) is 1.74. The van der Waals surface area contributed by atoms with Gasteiger partial charge in [0.25, 0.3) is 0 Å². The minimum atomic E-state index is 0.945. The number of hydrogen-bond donors (Lipinski definition) is 0. The lowest BCUT2D eigenvalue weighted by Gasteiger charge is -2.05. The molecule has 18 heavy (non-hydrogen) atoms. The molecule has 96 valence electrons. The molecule has 0 atom stereocenters. The fraction of sp³-hybridized carbons (Fsp3) is 0.333. The Labute approximate surface area is 117 Å². The van der Waals surface area contributed by atoms with E-state index in [9.17, 15) is 0 Å². The highest BCUT2D eigenvalue weighted by molar-refractivity contribution is 9.08. The number of rotatable bonds is 3. The van der Waals surface area contributed by atoms with E-state index in [0.29, 0.717) is 0 Å². The molecule has 2 aromatic rings. The number of aryl methyl sites for hydroxylation is 1. The minimum absolute atomic E-state index is 0.945. The van der Waals surface area contributed by atoms with Gasteiger partial charge >= 0.3 is 0 Å². The Morgan fingerprint density at radius 3 is 2.44 bits per heavy atom. The van der Waals surface area contributed by atoms with Crippen molar-refractivity contribution in [2.75, 3.05) is 5.83 Å². The predicted molar refractivity (Wildman–Crippen MR) is 83.1 cm³/mol. The summed E-state index contributed by atoms with van der Waals surface area (Å²) >= 11 is 2.94. The number of nitrogens with zero attached hydrogens (tertiary/aromatic N) is 2. The first kappa shape index (κ1) is 14.8. The zero-order valence-electron chi connectivity index (χ0n) is 11.2. The van der Waals surface area contributed by atoms with Crippen molar-refractivity contribution in [3.05, 3.63) is 42.2 Å². The number of alkyl halides is 1. The Morgan fingerprint density at radius 1 is 1.17 bits per heavy atom. The monoisotopic (exact) mass is 306 g/mol. The number of hydrogen-bond acceptors (Lipinski definition) is 2. The molecule has 0 spiro atoms. The molecule has 2 rings (SSSR count). The van der Waals surface area contributed by atoms with Crippen LogP contribution in [0.3, 0.4) is 0 Å². The number of aromatic nitrogens is 2. The van der Waals surface area contributed by atoms with Gasteiger partial charge in [0.2, 0.25) is 0 Å². The second-order valence-corrected chi connectivity index (χ2v) is 4.13. The van der Waals surface area contributed by atoms with E-state index in [1.165, 1.54) is 0 Å². The Morgan fingerprint density at radius 2 is 1.78 bits per heavy atom. The van der Waals surface area contributed by atoms with Gasteiger partial charge in [0.05, 0.1) is 11.0 Å². The van der Waals surface area contributed by atoms with E-state index in [2.05, 4.69) is 51.5 Å². The molecule has 0 fully saturated rings. The van der Waals surface area contributed by atoms with Crippen molar-refractivity contribution in [3.8, 4) is 0 Å². The zero-order valence-corrected chi connectivity index (χ0v) is 12.8. The molecule has 0 amide bonds. The van der Waals surface area contributed by atoms with E-state index >= 15 is 0 Å². The van der Waals surface area contributed by atoms with Crippen LogP contribution in [0.1, 0.15) is 30.9 Å². The SMILES string of the molecule is C=C(CCC)c1cnc2cc(C)cnc2c1.CBr. The molecule has 0 aliphatic rings. The van der Waals surface area contributed by atoms with Gasteiger partial charge in [0.15, 0.2) is 0 Å². The van der Waals surface area contributed by atoms with Crippen LogP contribution in [0.25, 0.3) is 16.6 Å². The van der Waals surface area contributed by atoms with Crippen LogP contribution < -0.4 is 0 Å². The van der Waals surface area contributed by atoms with E-state index in [1.807, 2.05) is 25.2 Å². The van der Waals surface area contributed by atoms with Crippen molar-refractivity contribution < 1.29 is 0 Å². The maximum atomic E-state index is 4.42. The van der Waals surface area contributed by atoms with Gasteiger partial charge in [0, 0.05) is 12.4 Å². The van der Waals surface area contributed by atoms with E-state index in [-0.39, 0.29) is 0 Å². The molecular weight excluding hydrogens is 288 g/mol. The third-order valence-corrected chi connectivity index (χ3v) is 2.63. The van der Waals surface area contributed by atoms with Gasteiger partial charge in [-0.1, -0.05) is 35.9 Å². The second kappa shape index (κ2) is 7.27. The Balaban J connectivity index is 0.000000771. The molecule has 0 aliphatic heterocycles. The molecule has 0 saturated heterocycles. The van der Waals surface area contributed by atoms with Gasteiger partial charge in [-0.05, 0) is 48.0 Å². The van der Waals surface area contributed by atoms with Crippen LogP contribution in [-0.4, -0.2) is 15.8 Å². The van der Waals surface area contributed by atoms with Crippen molar-refractivity contribution in [1.82, 2.24) is 9.97 Å². The standard InChI is InChI=1S/C14H16N2.CH3Br/c1-4-5-11(3)12-7-14-13(16-9-12)6-10(2)8-15-14;1-2/h6-9H,3-5H2,1-2H3;1H3. The molecule has 0 N–H and O–H groups in total. The Bertz CT molecular complexity index is 535. The van der Waals surface area contributed by atoms with Crippen molar-refractivity contribution in [2.24, 2.45) is 0 Å². The summed E-state index contributed by atoms with van der Waals surface area (Å²) in [5.41, 5.74) is 5.28. The molecule has 0 saturated carbocycles. The third kappa shape index (κ3) is 3.64. The average Bonchev–Trinajstić information content (AvgIpc) is 2.40. The average molecular weight is 307 g/mol. The first-order valence-corrected chi connectivity index (χ1v) is 7.57. The molecule has 0 radical (unpaired) electrons. The first-order valence-electron chi connectivity index (χ1n) is 5.99. The smallest absolute Gasteiger partial charge is 0.0892 e. The largest absolute Gasteiger partial charge is 0.254 e. The molecule has 2 aromatic heterocycles. The zero-order chi connectivity index (χ0) is 13.5. The van der Waals surface area contributed by atoms with Crippen LogP contribution in [-0.2, 0) is 0 Å². The Hall–Kier alpha value is -1.22. The summed E-state index contributed by atoms with van der Waals surface area (Å²) in [6.45, 7) is 8.25. The third-order valence-electron chi connectivity index (χ3n) is 2.63. The van der Waals surface area contributed by atoms with Crippen LogP contribution in [0, 0.1) is 6.92 Å². The summed E-state index contributed by atoms with van der Waals surface area (Å²) in [4.78, 5) is 8.80. The van der Waals surface area contributed by atoms with E-state index in [4.69, 9.17) is 0 Å². The number of fused-ring (bicyclic) bond motifs is 1. The van der Waals surface area contributed by atoms with Crippen molar-refractivity contribution in [3.63, 3.8) is 0 Å². The summed E-state index contributed by atoms with van der Waals surface area (Å²) in [5, 5.41) is 0.